The Morgan fingerprint density at radius 3 is 3.09 bits per heavy atom. The van der Waals surface area contributed by atoms with Crippen molar-refractivity contribution in [3.63, 3.8) is 0 Å². The molecule has 1 unspecified atom stereocenters. The summed E-state index contributed by atoms with van der Waals surface area (Å²) in [4.78, 5) is 3.82. The van der Waals surface area contributed by atoms with Crippen LogP contribution in [-0.2, 0) is 17.8 Å². The van der Waals surface area contributed by atoms with Gasteiger partial charge >= 0.3 is 0 Å². The molecule has 0 radical (unpaired) electrons. The third-order valence-corrected chi connectivity index (χ3v) is 1.61. The van der Waals surface area contributed by atoms with Crippen LogP contribution in [0.2, 0.25) is 0 Å². The van der Waals surface area contributed by atoms with Crippen LogP contribution >= 0.6 is 0 Å². The van der Waals surface area contributed by atoms with Gasteiger partial charge in [-0.25, -0.2) is 13.9 Å². The van der Waals surface area contributed by atoms with Gasteiger partial charge in [0, 0.05) is 25.5 Å². The number of hydrogen-bond acceptors (Lipinski definition) is 2. The normalized spacial score (nSPS) is 13.2. The highest BCUT2D eigenvalue weighted by Crippen LogP contribution is 1.83. The number of rotatable bonds is 4. The molecule has 11 heavy (non-hydrogen) atoms. The molecular formula is C5H9N3O2S. The molecule has 0 saturated heterocycles. The first kappa shape index (κ1) is 8.38. The monoisotopic (exact) mass is 175 g/mol. The van der Waals surface area contributed by atoms with Gasteiger partial charge < -0.3 is 4.57 Å². The zero-order valence-electron chi connectivity index (χ0n) is 5.80. The van der Waals surface area contributed by atoms with Gasteiger partial charge in [0.15, 0.2) is 0 Å². The summed E-state index contributed by atoms with van der Waals surface area (Å²) >= 11 is -1.91. The molecule has 2 N–H and O–H groups in total. The quantitative estimate of drug-likeness (QED) is 0.612. The van der Waals surface area contributed by atoms with E-state index in [2.05, 4.69) is 9.71 Å². The molecule has 6 heteroatoms. The second-order valence-corrected chi connectivity index (χ2v) is 2.73. The Morgan fingerprint density at radius 1 is 1.73 bits per heavy atom. The lowest BCUT2D eigenvalue weighted by Crippen LogP contribution is -2.20. The lowest BCUT2D eigenvalue weighted by atomic mass is 10.6. The Morgan fingerprint density at radius 2 is 2.55 bits per heavy atom. The van der Waals surface area contributed by atoms with Crippen molar-refractivity contribution in [3.8, 4) is 0 Å². The number of nitrogens with one attached hydrogen (secondary N) is 1. The fourth-order valence-electron chi connectivity index (χ4n) is 0.681. The van der Waals surface area contributed by atoms with E-state index in [0.717, 1.165) is 0 Å². The largest absolute Gasteiger partial charge is 0.336 e. The van der Waals surface area contributed by atoms with Gasteiger partial charge in [-0.05, 0) is 0 Å². The molecule has 0 aliphatic heterocycles. The number of imidazole rings is 1. The maximum absolute atomic E-state index is 10.1. The lowest BCUT2D eigenvalue weighted by Gasteiger charge is -1.99. The average Bonchev–Trinajstić information content (AvgIpc) is 2.39. The zero-order valence-corrected chi connectivity index (χ0v) is 6.62. The fraction of sp³-hybridized carbons (Fsp3) is 0.400. The van der Waals surface area contributed by atoms with Crippen molar-refractivity contribution in [1.82, 2.24) is 14.3 Å². The van der Waals surface area contributed by atoms with Crippen molar-refractivity contribution in [2.75, 3.05) is 6.54 Å². The third kappa shape index (κ3) is 3.26. The van der Waals surface area contributed by atoms with Crippen LogP contribution in [0.15, 0.2) is 18.7 Å². The van der Waals surface area contributed by atoms with Crippen molar-refractivity contribution in [2.24, 2.45) is 0 Å². The molecule has 0 fully saturated rings. The van der Waals surface area contributed by atoms with Crippen LogP contribution in [0.1, 0.15) is 0 Å². The van der Waals surface area contributed by atoms with E-state index in [4.69, 9.17) is 4.55 Å². The van der Waals surface area contributed by atoms with Crippen molar-refractivity contribution < 1.29 is 8.76 Å². The van der Waals surface area contributed by atoms with E-state index in [0.29, 0.717) is 13.1 Å². The number of hydrogen-bond donors (Lipinski definition) is 2. The van der Waals surface area contributed by atoms with Gasteiger partial charge in [0.1, 0.15) is 0 Å². The SMILES string of the molecule is O=S(O)NCCn1ccnc1. The highest BCUT2D eigenvalue weighted by atomic mass is 32.2. The summed E-state index contributed by atoms with van der Waals surface area (Å²) < 4.78 is 22.6. The molecule has 0 saturated carbocycles. The Labute approximate surface area is 66.9 Å². The van der Waals surface area contributed by atoms with E-state index in [1.54, 1.807) is 18.7 Å². The molecule has 0 aromatic carbocycles. The summed E-state index contributed by atoms with van der Waals surface area (Å²) in [6.07, 6.45) is 5.11. The lowest BCUT2D eigenvalue weighted by molar-refractivity contribution is 0.542. The van der Waals surface area contributed by atoms with E-state index in [1.165, 1.54) is 0 Å². The minimum absolute atomic E-state index is 0.458. The van der Waals surface area contributed by atoms with Crippen LogP contribution in [0, 0.1) is 0 Å². The predicted molar refractivity (Wildman–Crippen MR) is 41.0 cm³/mol. The molecule has 62 valence electrons. The van der Waals surface area contributed by atoms with E-state index >= 15 is 0 Å². The van der Waals surface area contributed by atoms with E-state index < -0.39 is 11.3 Å². The smallest absolute Gasteiger partial charge is 0.231 e. The summed E-state index contributed by atoms with van der Waals surface area (Å²) in [5.74, 6) is 0. The molecular weight excluding hydrogens is 166 g/mol. The summed E-state index contributed by atoms with van der Waals surface area (Å²) in [5, 5.41) is 0. The molecule has 0 bridgehead atoms. The molecule has 1 aromatic heterocycles. The summed E-state index contributed by atoms with van der Waals surface area (Å²) in [6.45, 7) is 1.10. The Balaban J connectivity index is 2.19. The fourth-order valence-corrected chi connectivity index (χ4v) is 0.947. The van der Waals surface area contributed by atoms with Crippen LogP contribution in [0.4, 0.5) is 0 Å². The molecule has 0 amide bonds. The second kappa shape index (κ2) is 4.22. The highest BCUT2D eigenvalue weighted by molar-refractivity contribution is 7.77. The maximum Gasteiger partial charge on any atom is 0.231 e. The van der Waals surface area contributed by atoms with Crippen LogP contribution in [0.5, 0.6) is 0 Å². The summed E-state index contributed by atoms with van der Waals surface area (Å²) in [5.41, 5.74) is 0. The zero-order chi connectivity index (χ0) is 8.10. The first-order valence-electron chi connectivity index (χ1n) is 3.09. The molecule has 0 aliphatic carbocycles. The molecule has 0 spiro atoms. The molecule has 0 aliphatic rings. The Hall–Kier alpha value is -0.720. The number of aromatic nitrogens is 2. The third-order valence-electron chi connectivity index (χ3n) is 1.15. The van der Waals surface area contributed by atoms with E-state index in [1.807, 2.05) is 4.57 Å². The Kier molecular flexibility index (Phi) is 3.21. The average molecular weight is 175 g/mol. The van der Waals surface area contributed by atoms with Gasteiger partial charge in [0.2, 0.25) is 11.3 Å². The number of nitrogens with zero attached hydrogens (tertiary/aromatic N) is 2. The summed E-state index contributed by atoms with van der Waals surface area (Å²) in [6, 6.07) is 0. The standard InChI is InChI=1S/C5H9N3O2S/c9-11(10)7-2-4-8-3-1-6-5-8/h1,3,5,7H,2,4H2,(H,9,10). The van der Waals surface area contributed by atoms with Crippen LogP contribution < -0.4 is 4.72 Å². The maximum atomic E-state index is 10.1. The summed E-state index contributed by atoms with van der Waals surface area (Å²) in [7, 11) is 0. The first-order valence-corrected chi connectivity index (χ1v) is 4.20. The van der Waals surface area contributed by atoms with Crippen molar-refractivity contribution in [3.05, 3.63) is 18.7 Å². The highest BCUT2D eigenvalue weighted by Gasteiger charge is 1.91. The van der Waals surface area contributed by atoms with Crippen molar-refractivity contribution in [2.45, 2.75) is 6.54 Å². The van der Waals surface area contributed by atoms with Gasteiger partial charge in [-0.2, -0.15) is 0 Å². The molecule has 5 nitrogen and oxygen atoms in total. The topological polar surface area (TPSA) is 67.2 Å². The van der Waals surface area contributed by atoms with Crippen molar-refractivity contribution in [1.29, 1.82) is 0 Å². The molecule has 1 atom stereocenters. The van der Waals surface area contributed by atoms with E-state index in [9.17, 15) is 4.21 Å². The predicted octanol–water partition coefficient (Wildman–Crippen LogP) is -0.391. The van der Waals surface area contributed by atoms with Gasteiger partial charge in [-0.1, -0.05) is 0 Å². The van der Waals surface area contributed by atoms with Gasteiger partial charge in [0.05, 0.1) is 6.33 Å². The van der Waals surface area contributed by atoms with Gasteiger partial charge in [-0.3, -0.25) is 4.55 Å². The minimum atomic E-state index is -1.91. The van der Waals surface area contributed by atoms with Crippen LogP contribution in [0.25, 0.3) is 0 Å². The van der Waals surface area contributed by atoms with E-state index in [-0.39, 0.29) is 0 Å². The van der Waals surface area contributed by atoms with Crippen LogP contribution in [0.3, 0.4) is 0 Å². The van der Waals surface area contributed by atoms with Crippen molar-refractivity contribution >= 4 is 11.3 Å². The molecule has 1 aromatic rings. The minimum Gasteiger partial charge on any atom is -0.336 e. The van der Waals surface area contributed by atoms with Crippen LogP contribution in [-0.4, -0.2) is 24.9 Å². The molecule has 1 heterocycles. The second-order valence-electron chi connectivity index (χ2n) is 1.94. The molecule has 1 rings (SSSR count). The first-order chi connectivity index (χ1) is 5.29. The van der Waals surface area contributed by atoms with Gasteiger partial charge in [-0.15, -0.1) is 0 Å². The Bertz CT molecular complexity index is 224. The van der Waals surface area contributed by atoms with Gasteiger partial charge in [0.25, 0.3) is 0 Å².